The summed E-state index contributed by atoms with van der Waals surface area (Å²) >= 11 is 1.28. The van der Waals surface area contributed by atoms with E-state index in [1.807, 2.05) is 24.3 Å². The van der Waals surface area contributed by atoms with Crippen molar-refractivity contribution < 1.29 is 14.3 Å². The van der Waals surface area contributed by atoms with Crippen molar-refractivity contribution in [1.29, 1.82) is 0 Å². The normalized spacial score (nSPS) is 10.4. The van der Waals surface area contributed by atoms with Crippen LogP contribution in [0.2, 0.25) is 0 Å². The van der Waals surface area contributed by atoms with E-state index in [0.29, 0.717) is 16.5 Å². The number of carbonyl (C=O) groups excluding carboxylic acids is 2. The van der Waals surface area contributed by atoms with Crippen LogP contribution in [0.25, 0.3) is 0 Å². The SMILES string of the molecule is CC(C)c1ccc(NC(=O)COC(=O)c2cccs2)cc1. The maximum Gasteiger partial charge on any atom is 0.348 e. The fourth-order valence-electron chi connectivity index (χ4n) is 1.75. The lowest BCUT2D eigenvalue weighted by Gasteiger charge is -2.08. The second-order valence-electron chi connectivity index (χ2n) is 4.88. The summed E-state index contributed by atoms with van der Waals surface area (Å²) in [4.78, 5) is 23.8. The molecule has 0 aliphatic heterocycles. The quantitative estimate of drug-likeness (QED) is 0.857. The molecule has 0 saturated heterocycles. The van der Waals surface area contributed by atoms with Crippen LogP contribution in [-0.4, -0.2) is 18.5 Å². The van der Waals surface area contributed by atoms with Gasteiger partial charge in [-0.1, -0.05) is 32.0 Å². The predicted molar refractivity (Wildman–Crippen MR) is 83.8 cm³/mol. The molecule has 1 amide bonds. The Labute approximate surface area is 127 Å². The summed E-state index contributed by atoms with van der Waals surface area (Å²) in [5.74, 6) is -0.381. The molecule has 0 unspecified atom stereocenters. The number of anilines is 1. The van der Waals surface area contributed by atoms with Gasteiger partial charge in [0, 0.05) is 5.69 Å². The molecule has 2 rings (SSSR count). The van der Waals surface area contributed by atoms with Crippen LogP contribution in [-0.2, 0) is 9.53 Å². The molecule has 1 heterocycles. The molecule has 110 valence electrons. The van der Waals surface area contributed by atoms with Gasteiger partial charge in [-0.3, -0.25) is 4.79 Å². The molecular weight excluding hydrogens is 286 g/mol. The van der Waals surface area contributed by atoms with Gasteiger partial charge in [0.1, 0.15) is 4.88 Å². The molecule has 0 saturated carbocycles. The fraction of sp³-hybridized carbons (Fsp3) is 0.250. The van der Waals surface area contributed by atoms with E-state index < -0.39 is 5.97 Å². The van der Waals surface area contributed by atoms with Crippen LogP contribution >= 0.6 is 11.3 Å². The van der Waals surface area contributed by atoms with Gasteiger partial charge in [0.15, 0.2) is 6.61 Å². The van der Waals surface area contributed by atoms with Crippen LogP contribution in [0.15, 0.2) is 41.8 Å². The fourth-order valence-corrected chi connectivity index (χ4v) is 2.36. The zero-order chi connectivity index (χ0) is 15.2. The molecule has 0 fully saturated rings. The summed E-state index contributed by atoms with van der Waals surface area (Å²) in [6, 6.07) is 11.0. The number of amides is 1. The number of rotatable bonds is 5. The Hall–Kier alpha value is -2.14. The number of carbonyl (C=O) groups is 2. The Morgan fingerprint density at radius 2 is 1.90 bits per heavy atom. The van der Waals surface area contributed by atoms with Crippen LogP contribution in [0.1, 0.15) is 35.0 Å². The van der Waals surface area contributed by atoms with Crippen LogP contribution in [0.3, 0.4) is 0 Å². The molecule has 4 nitrogen and oxygen atoms in total. The lowest BCUT2D eigenvalue weighted by Crippen LogP contribution is -2.20. The third-order valence-corrected chi connectivity index (χ3v) is 3.77. The maximum absolute atomic E-state index is 11.7. The molecule has 0 radical (unpaired) electrons. The number of nitrogens with one attached hydrogen (secondary N) is 1. The Morgan fingerprint density at radius 1 is 1.19 bits per heavy atom. The van der Waals surface area contributed by atoms with E-state index in [9.17, 15) is 9.59 Å². The van der Waals surface area contributed by atoms with Gasteiger partial charge in [0.05, 0.1) is 0 Å². The van der Waals surface area contributed by atoms with E-state index in [0.717, 1.165) is 0 Å². The van der Waals surface area contributed by atoms with Crippen molar-refractivity contribution in [3.63, 3.8) is 0 Å². The molecule has 5 heteroatoms. The second kappa shape index (κ2) is 7.04. The van der Waals surface area contributed by atoms with Crippen molar-refractivity contribution in [2.24, 2.45) is 0 Å². The van der Waals surface area contributed by atoms with E-state index in [1.165, 1.54) is 16.9 Å². The lowest BCUT2D eigenvalue weighted by molar-refractivity contribution is -0.119. The zero-order valence-electron chi connectivity index (χ0n) is 12.0. The minimum Gasteiger partial charge on any atom is -0.451 e. The number of benzene rings is 1. The first-order valence-electron chi connectivity index (χ1n) is 6.66. The smallest absolute Gasteiger partial charge is 0.348 e. The van der Waals surface area contributed by atoms with Crippen molar-refractivity contribution in [2.45, 2.75) is 19.8 Å². The highest BCUT2D eigenvalue weighted by Crippen LogP contribution is 2.17. The number of hydrogen-bond acceptors (Lipinski definition) is 4. The summed E-state index contributed by atoms with van der Waals surface area (Å²) in [5.41, 5.74) is 1.90. The molecule has 0 atom stereocenters. The molecule has 0 bridgehead atoms. The van der Waals surface area contributed by atoms with Crippen molar-refractivity contribution >= 4 is 28.9 Å². The van der Waals surface area contributed by atoms with E-state index in [4.69, 9.17) is 4.74 Å². The minimum absolute atomic E-state index is 0.289. The zero-order valence-corrected chi connectivity index (χ0v) is 12.8. The van der Waals surface area contributed by atoms with Gasteiger partial charge in [-0.15, -0.1) is 11.3 Å². The number of thiophene rings is 1. The first-order chi connectivity index (χ1) is 10.1. The van der Waals surface area contributed by atoms with Gasteiger partial charge < -0.3 is 10.1 Å². The highest BCUT2D eigenvalue weighted by Gasteiger charge is 2.11. The van der Waals surface area contributed by atoms with Crippen molar-refractivity contribution in [2.75, 3.05) is 11.9 Å². The Kier molecular flexibility index (Phi) is 5.11. The summed E-state index contributed by atoms with van der Waals surface area (Å²) in [6.45, 7) is 3.93. The highest BCUT2D eigenvalue weighted by molar-refractivity contribution is 7.11. The van der Waals surface area contributed by atoms with Crippen molar-refractivity contribution in [3.8, 4) is 0 Å². The first-order valence-corrected chi connectivity index (χ1v) is 7.54. The summed E-state index contributed by atoms with van der Waals surface area (Å²) in [5, 5.41) is 4.48. The lowest BCUT2D eigenvalue weighted by atomic mass is 10.0. The van der Waals surface area contributed by atoms with Crippen LogP contribution < -0.4 is 5.32 Å². The Balaban J connectivity index is 1.83. The average molecular weight is 303 g/mol. The molecule has 2 aromatic rings. The van der Waals surface area contributed by atoms with E-state index >= 15 is 0 Å². The molecule has 1 aromatic carbocycles. The average Bonchev–Trinajstić information content (AvgIpc) is 2.99. The topological polar surface area (TPSA) is 55.4 Å². The molecule has 0 aliphatic carbocycles. The number of ether oxygens (including phenoxy) is 1. The summed E-state index contributed by atoms with van der Waals surface area (Å²) in [6.07, 6.45) is 0. The van der Waals surface area contributed by atoms with Gasteiger partial charge in [0.25, 0.3) is 5.91 Å². The molecule has 0 spiro atoms. The largest absolute Gasteiger partial charge is 0.451 e. The van der Waals surface area contributed by atoms with E-state index in [-0.39, 0.29) is 12.5 Å². The predicted octanol–water partition coefficient (Wildman–Crippen LogP) is 3.67. The second-order valence-corrected chi connectivity index (χ2v) is 5.83. The maximum atomic E-state index is 11.7. The monoisotopic (exact) mass is 303 g/mol. The van der Waals surface area contributed by atoms with E-state index in [2.05, 4.69) is 19.2 Å². The molecule has 0 aliphatic rings. The van der Waals surface area contributed by atoms with Gasteiger partial charge >= 0.3 is 5.97 Å². The molecule has 21 heavy (non-hydrogen) atoms. The van der Waals surface area contributed by atoms with Gasteiger partial charge in [-0.25, -0.2) is 4.79 Å². The number of esters is 1. The Bertz CT molecular complexity index is 603. The van der Waals surface area contributed by atoms with E-state index in [1.54, 1.807) is 17.5 Å². The molecule has 1 aromatic heterocycles. The Morgan fingerprint density at radius 3 is 2.48 bits per heavy atom. The minimum atomic E-state index is -0.477. The van der Waals surface area contributed by atoms with Crippen molar-refractivity contribution in [3.05, 3.63) is 52.2 Å². The van der Waals surface area contributed by atoms with Crippen LogP contribution in [0.5, 0.6) is 0 Å². The summed E-state index contributed by atoms with van der Waals surface area (Å²) in [7, 11) is 0. The standard InChI is InChI=1S/C16H17NO3S/c1-11(2)12-5-7-13(8-6-12)17-15(18)10-20-16(19)14-4-3-9-21-14/h3-9,11H,10H2,1-2H3,(H,17,18). The highest BCUT2D eigenvalue weighted by atomic mass is 32.1. The van der Waals surface area contributed by atoms with Gasteiger partial charge in [-0.2, -0.15) is 0 Å². The van der Waals surface area contributed by atoms with Crippen LogP contribution in [0, 0.1) is 0 Å². The number of hydrogen-bond donors (Lipinski definition) is 1. The first kappa shape index (κ1) is 15.3. The van der Waals surface area contributed by atoms with Crippen LogP contribution in [0.4, 0.5) is 5.69 Å². The van der Waals surface area contributed by atoms with Gasteiger partial charge in [-0.05, 0) is 35.1 Å². The third-order valence-electron chi connectivity index (χ3n) is 2.92. The molecular formula is C16H17NO3S. The molecule has 1 N–H and O–H groups in total. The summed E-state index contributed by atoms with van der Waals surface area (Å²) < 4.78 is 4.94. The van der Waals surface area contributed by atoms with Gasteiger partial charge in [0.2, 0.25) is 0 Å². The third kappa shape index (κ3) is 4.43. The van der Waals surface area contributed by atoms with Crippen molar-refractivity contribution in [1.82, 2.24) is 0 Å².